The summed E-state index contributed by atoms with van der Waals surface area (Å²) in [6, 6.07) is 4.28. The molecule has 1 aromatic rings. The largest absolute Gasteiger partial charge is 0.380 e. The molecule has 82 valence electrons. The minimum absolute atomic E-state index is 0.0152. The summed E-state index contributed by atoms with van der Waals surface area (Å²) >= 11 is 3.40. The summed E-state index contributed by atoms with van der Waals surface area (Å²) in [6.07, 6.45) is 0.0152. The SMILES string of the molecule is NC(=O)Cc1ccc(OS(=O)O)cc1Cl. The average Bonchev–Trinajstić information content (AvgIpc) is 2.08. The highest BCUT2D eigenvalue weighted by atomic mass is 35.5. The molecule has 0 aromatic heterocycles. The summed E-state index contributed by atoms with van der Waals surface area (Å²) in [5.74, 6) is -0.356. The molecular formula is C8H8ClNO4S. The van der Waals surface area contributed by atoms with Crippen molar-refractivity contribution in [2.75, 3.05) is 0 Å². The second kappa shape index (κ2) is 5.11. The normalized spacial score (nSPS) is 12.1. The lowest BCUT2D eigenvalue weighted by molar-refractivity contribution is -0.117. The van der Waals surface area contributed by atoms with Crippen molar-refractivity contribution in [2.45, 2.75) is 6.42 Å². The Bertz CT molecular complexity index is 410. The van der Waals surface area contributed by atoms with E-state index >= 15 is 0 Å². The highest BCUT2D eigenvalue weighted by Gasteiger charge is 2.06. The lowest BCUT2D eigenvalue weighted by Crippen LogP contribution is -2.13. The second-order valence-electron chi connectivity index (χ2n) is 2.70. The van der Waals surface area contributed by atoms with E-state index in [-0.39, 0.29) is 17.2 Å². The highest BCUT2D eigenvalue weighted by molar-refractivity contribution is 7.74. The van der Waals surface area contributed by atoms with E-state index in [0.717, 1.165) is 0 Å². The van der Waals surface area contributed by atoms with Crippen LogP contribution in [-0.4, -0.2) is 14.7 Å². The molecule has 0 heterocycles. The molecule has 1 atom stereocenters. The first-order valence-corrected chi connectivity index (χ1v) is 5.26. The van der Waals surface area contributed by atoms with Gasteiger partial charge in [0.2, 0.25) is 5.91 Å². The van der Waals surface area contributed by atoms with Crippen LogP contribution in [0.1, 0.15) is 5.56 Å². The Labute approximate surface area is 93.7 Å². The number of primary amides is 1. The quantitative estimate of drug-likeness (QED) is 0.776. The fourth-order valence-electron chi connectivity index (χ4n) is 0.993. The maximum Gasteiger partial charge on any atom is 0.357 e. The van der Waals surface area contributed by atoms with Gasteiger partial charge in [-0.15, -0.1) is 0 Å². The number of carbonyl (C=O) groups excluding carboxylic acids is 1. The number of nitrogens with two attached hydrogens (primary N) is 1. The molecule has 1 unspecified atom stereocenters. The average molecular weight is 250 g/mol. The zero-order valence-corrected chi connectivity index (χ0v) is 9.05. The highest BCUT2D eigenvalue weighted by Crippen LogP contribution is 2.23. The zero-order valence-electron chi connectivity index (χ0n) is 7.47. The van der Waals surface area contributed by atoms with E-state index in [1.807, 2.05) is 0 Å². The van der Waals surface area contributed by atoms with Gasteiger partial charge in [0.25, 0.3) is 0 Å². The Balaban J connectivity index is 2.87. The van der Waals surface area contributed by atoms with Crippen molar-refractivity contribution in [3.05, 3.63) is 28.8 Å². The Morgan fingerprint density at radius 1 is 1.60 bits per heavy atom. The molecule has 0 saturated heterocycles. The summed E-state index contributed by atoms with van der Waals surface area (Å²) in [6.45, 7) is 0. The van der Waals surface area contributed by atoms with Crippen LogP contribution in [0.5, 0.6) is 5.75 Å². The maximum atomic E-state index is 10.6. The molecule has 3 N–H and O–H groups in total. The smallest absolute Gasteiger partial charge is 0.357 e. The van der Waals surface area contributed by atoms with Gasteiger partial charge in [-0.25, -0.2) is 0 Å². The Morgan fingerprint density at radius 2 is 2.27 bits per heavy atom. The first-order valence-electron chi connectivity index (χ1n) is 3.85. The van der Waals surface area contributed by atoms with Crippen LogP contribution in [0.3, 0.4) is 0 Å². The summed E-state index contributed by atoms with van der Waals surface area (Å²) < 4.78 is 23.2. The van der Waals surface area contributed by atoms with Crippen LogP contribution in [0.2, 0.25) is 5.02 Å². The fourth-order valence-corrected chi connectivity index (χ4v) is 1.50. The van der Waals surface area contributed by atoms with Crippen LogP contribution in [-0.2, 0) is 22.6 Å². The lowest BCUT2D eigenvalue weighted by Gasteiger charge is -2.04. The molecule has 7 heteroatoms. The van der Waals surface area contributed by atoms with Gasteiger partial charge in [0.15, 0.2) is 0 Å². The van der Waals surface area contributed by atoms with Gasteiger partial charge in [-0.05, 0) is 11.6 Å². The summed E-state index contributed by atoms with van der Waals surface area (Å²) in [5, 5.41) is 0.261. The van der Waals surface area contributed by atoms with Crippen molar-refractivity contribution in [3.8, 4) is 5.75 Å². The van der Waals surface area contributed by atoms with E-state index in [9.17, 15) is 9.00 Å². The van der Waals surface area contributed by atoms with Crippen LogP contribution in [0, 0.1) is 0 Å². The molecule has 0 aliphatic rings. The van der Waals surface area contributed by atoms with Crippen LogP contribution >= 0.6 is 11.6 Å². The summed E-state index contributed by atoms with van der Waals surface area (Å²) in [5.41, 5.74) is 5.54. The lowest BCUT2D eigenvalue weighted by atomic mass is 10.1. The summed E-state index contributed by atoms with van der Waals surface area (Å²) in [4.78, 5) is 10.6. The van der Waals surface area contributed by atoms with Gasteiger partial charge in [0.05, 0.1) is 6.42 Å². The summed E-state index contributed by atoms with van der Waals surface area (Å²) in [7, 11) is 0. The van der Waals surface area contributed by atoms with Crippen molar-refractivity contribution in [1.82, 2.24) is 0 Å². The van der Waals surface area contributed by atoms with E-state index in [0.29, 0.717) is 5.56 Å². The van der Waals surface area contributed by atoms with Crippen LogP contribution < -0.4 is 9.92 Å². The third-order valence-corrected chi connectivity index (χ3v) is 2.24. The van der Waals surface area contributed by atoms with Gasteiger partial charge in [-0.1, -0.05) is 17.7 Å². The van der Waals surface area contributed by atoms with Gasteiger partial charge in [0, 0.05) is 11.1 Å². The number of hydrogen-bond acceptors (Lipinski definition) is 3. The standard InChI is InChI=1S/C8H8ClNO4S/c9-7-4-6(14-15(12)13)2-1-5(7)3-8(10)11/h1-2,4H,3H2,(H2,10,11)(H,12,13). The number of rotatable bonds is 4. The third kappa shape index (κ3) is 3.86. The van der Waals surface area contributed by atoms with Gasteiger partial charge >= 0.3 is 11.4 Å². The molecule has 0 spiro atoms. The number of carbonyl (C=O) groups is 1. The van der Waals surface area contributed by atoms with E-state index in [4.69, 9.17) is 21.9 Å². The number of hydrogen-bond donors (Lipinski definition) is 2. The predicted octanol–water partition coefficient (Wildman–Crippen LogP) is 0.883. The number of amides is 1. The molecule has 15 heavy (non-hydrogen) atoms. The molecule has 0 aliphatic carbocycles. The third-order valence-electron chi connectivity index (χ3n) is 1.56. The van der Waals surface area contributed by atoms with Crippen LogP contribution in [0.15, 0.2) is 18.2 Å². The van der Waals surface area contributed by atoms with Crippen molar-refractivity contribution in [3.63, 3.8) is 0 Å². The number of halogens is 1. The molecule has 0 aliphatic heterocycles. The van der Waals surface area contributed by atoms with Crippen molar-refractivity contribution in [1.29, 1.82) is 0 Å². The van der Waals surface area contributed by atoms with Gasteiger partial charge in [0.1, 0.15) is 5.75 Å². The van der Waals surface area contributed by atoms with Crippen LogP contribution in [0.25, 0.3) is 0 Å². The molecule has 0 fully saturated rings. The van der Waals surface area contributed by atoms with Crippen LogP contribution in [0.4, 0.5) is 0 Å². The molecule has 1 rings (SSSR count). The number of benzene rings is 1. The van der Waals surface area contributed by atoms with Gasteiger partial charge in [-0.3, -0.25) is 9.35 Å². The topological polar surface area (TPSA) is 89.6 Å². The Morgan fingerprint density at radius 3 is 2.73 bits per heavy atom. The van der Waals surface area contributed by atoms with E-state index < -0.39 is 17.3 Å². The van der Waals surface area contributed by atoms with Gasteiger partial charge < -0.3 is 9.92 Å². The molecule has 5 nitrogen and oxygen atoms in total. The van der Waals surface area contributed by atoms with E-state index in [1.165, 1.54) is 18.2 Å². The van der Waals surface area contributed by atoms with Crippen molar-refractivity contribution < 1.29 is 17.7 Å². The fraction of sp³-hybridized carbons (Fsp3) is 0.125. The molecule has 0 radical (unpaired) electrons. The predicted molar refractivity (Wildman–Crippen MR) is 55.7 cm³/mol. The minimum atomic E-state index is -2.39. The minimum Gasteiger partial charge on any atom is -0.380 e. The Kier molecular flexibility index (Phi) is 4.07. The zero-order chi connectivity index (χ0) is 11.4. The van der Waals surface area contributed by atoms with E-state index in [1.54, 1.807) is 0 Å². The van der Waals surface area contributed by atoms with Gasteiger partial charge in [-0.2, -0.15) is 4.21 Å². The first kappa shape index (κ1) is 12.0. The Hall–Kier alpha value is -1.11. The first-order chi connectivity index (χ1) is 6.99. The van der Waals surface area contributed by atoms with E-state index in [2.05, 4.69) is 4.18 Å². The maximum absolute atomic E-state index is 10.6. The molecule has 0 saturated carbocycles. The molecule has 1 amide bonds. The molecule has 1 aromatic carbocycles. The monoisotopic (exact) mass is 249 g/mol. The van der Waals surface area contributed by atoms with Crippen molar-refractivity contribution >= 4 is 28.9 Å². The molecular weight excluding hydrogens is 242 g/mol. The second-order valence-corrected chi connectivity index (χ2v) is 3.70. The van der Waals surface area contributed by atoms with Crippen molar-refractivity contribution in [2.24, 2.45) is 5.73 Å². The molecule has 0 bridgehead atoms.